The molecule has 1 aromatic heterocycles. The minimum Gasteiger partial charge on any atom is -0.489 e. The van der Waals surface area contributed by atoms with E-state index in [0.717, 1.165) is 22.0 Å². The van der Waals surface area contributed by atoms with Gasteiger partial charge in [-0.3, -0.25) is 4.99 Å². The smallest absolute Gasteiger partial charge is 0.416 e. The lowest BCUT2D eigenvalue weighted by Crippen LogP contribution is -2.42. The molecule has 1 atom stereocenters. The molecule has 148 valence electrons. The number of hydrogen-bond donors (Lipinski definition) is 2. The highest BCUT2D eigenvalue weighted by atomic mass is 32.1. The SMILES string of the molecule is CCC(CNC(=NC)NCc1ncc(C)s1)Oc1cccc(C(F)(F)F)c1. The van der Waals surface area contributed by atoms with E-state index in [4.69, 9.17) is 4.74 Å². The first-order chi connectivity index (χ1) is 12.8. The Balaban J connectivity index is 1.88. The van der Waals surface area contributed by atoms with E-state index in [1.807, 2.05) is 20.0 Å². The Kier molecular flexibility index (Phi) is 7.46. The summed E-state index contributed by atoms with van der Waals surface area (Å²) in [7, 11) is 1.65. The number of aryl methyl sites for hydroxylation is 1. The van der Waals surface area contributed by atoms with E-state index >= 15 is 0 Å². The molecule has 1 unspecified atom stereocenters. The van der Waals surface area contributed by atoms with E-state index in [1.54, 1.807) is 18.4 Å². The van der Waals surface area contributed by atoms with Crippen LogP contribution in [0.4, 0.5) is 13.2 Å². The van der Waals surface area contributed by atoms with Crippen LogP contribution >= 0.6 is 11.3 Å². The van der Waals surface area contributed by atoms with E-state index in [2.05, 4.69) is 20.6 Å². The highest BCUT2D eigenvalue weighted by Gasteiger charge is 2.30. The molecule has 2 N–H and O–H groups in total. The lowest BCUT2D eigenvalue weighted by Gasteiger charge is -2.20. The summed E-state index contributed by atoms with van der Waals surface area (Å²) in [6, 6.07) is 4.91. The third kappa shape index (κ3) is 6.74. The first-order valence-corrected chi connectivity index (χ1v) is 9.33. The topological polar surface area (TPSA) is 58.5 Å². The molecule has 0 saturated carbocycles. The van der Waals surface area contributed by atoms with Crippen LogP contribution in [-0.2, 0) is 12.7 Å². The molecule has 9 heteroatoms. The lowest BCUT2D eigenvalue weighted by atomic mass is 10.2. The fraction of sp³-hybridized carbons (Fsp3) is 0.444. The number of ether oxygens (including phenoxy) is 1. The summed E-state index contributed by atoms with van der Waals surface area (Å²) in [5, 5.41) is 7.23. The number of nitrogens with zero attached hydrogens (tertiary/aromatic N) is 2. The maximum atomic E-state index is 12.8. The van der Waals surface area contributed by atoms with E-state index in [1.165, 1.54) is 12.1 Å². The van der Waals surface area contributed by atoms with Crippen LogP contribution in [0.5, 0.6) is 5.75 Å². The average molecular weight is 400 g/mol. The molecule has 0 aliphatic rings. The third-order valence-electron chi connectivity index (χ3n) is 3.72. The first kappa shape index (κ1) is 21.0. The van der Waals surface area contributed by atoms with Crippen molar-refractivity contribution in [2.24, 2.45) is 4.99 Å². The molecule has 2 aromatic rings. The molecule has 2 rings (SSSR count). The number of alkyl halides is 3. The Morgan fingerprint density at radius 3 is 2.70 bits per heavy atom. The van der Waals surface area contributed by atoms with Crippen molar-refractivity contribution in [3.8, 4) is 5.75 Å². The van der Waals surface area contributed by atoms with Gasteiger partial charge in [0.25, 0.3) is 0 Å². The Morgan fingerprint density at radius 1 is 1.33 bits per heavy atom. The molecule has 5 nitrogen and oxygen atoms in total. The number of rotatable bonds is 7. The predicted octanol–water partition coefficient (Wildman–Crippen LogP) is 3.99. The molecule has 0 amide bonds. The highest BCUT2D eigenvalue weighted by Crippen LogP contribution is 2.31. The molecule has 0 aliphatic heterocycles. The van der Waals surface area contributed by atoms with Crippen molar-refractivity contribution >= 4 is 17.3 Å². The van der Waals surface area contributed by atoms with Crippen molar-refractivity contribution in [1.82, 2.24) is 15.6 Å². The second-order valence-electron chi connectivity index (χ2n) is 5.85. The van der Waals surface area contributed by atoms with Crippen molar-refractivity contribution in [3.63, 3.8) is 0 Å². The lowest BCUT2D eigenvalue weighted by molar-refractivity contribution is -0.137. The van der Waals surface area contributed by atoms with Crippen LogP contribution in [0.25, 0.3) is 0 Å². The normalized spacial score (nSPS) is 13.3. The van der Waals surface area contributed by atoms with Crippen LogP contribution in [0.2, 0.25) is 0 Å². The zero-order valence-corrected chi connectivity index (χ0v) is 16.2. The molecule has 1 heterocycles. The van der Waals surface area contributed by atoms with Crippen LogP contribution in [0, 0.1) is 6.92 Å². The van der Waals surface area contributed by atoms with Crippen molar-refractivity contribution in [1.29, 1.82) is 0 Å². The van der Waals surface area contributed by atoms with Gasteiger partial charge in [-0.05, 0) is 31.5 Å². The van der Waals surface area contributed by atoms with Gasteiger partial charge in [-0.15, -0.1) is 11.3 Å². The Bertz CT molecular complexity index is 761. The summed E-state index contributed by atoms with van der Waals surface area (Å²) < 4.78 is 44.2. The quantitative estimate of drug-likeness (QED) is 0.545. The predicted molar refractivity (Wildman–Crippen MR) is 101 cm³/mol. The van der Waals surface area contributed by atoms with Gasteiger partial charge in [0, 0.05) is 18.1 Å². The van der Waals surface area contributed by atoms with Crippen LogP contribution in [0.1, 0.15) is 28.8 Å². The summed E-state index contributed by atoms with van der Waals surface area (Å²) in [4.78, 5) is 9.55. The van der Waals surface area contributed by atoms with E-state index in [9.17, 15) is 13.2 Å². The van der Waals surface area contributed by atoms with Gasteiger partial charge < -0.3 is 15.4 Å². The molecule has 0 saturated heterocycles. The molecular formula is C18H23F3N4OS. The number of nitrogens with one attached hydrogen (secondary N) is 2. The van der Waals surface area contributed by atoms with Gasteiger partial charge in [-0.25, -0.2) is 4.98 Å². The van der Waals surface area contributed by atoms with Crippen molar-refractivity contribution in [2.75, 3.05) is 13.6 Å². The summed E-state index contributed by atoms with van der Waals surface area (Å²) in [6.07, 6.45) is -2.24. The van der Waals surface area contributed by atoms with E-state index < -0.39 is 11.7 Å². The van der Waals surface area contributed by atoms with Crippen molar-refractivity contribution in [3.05, 3.63) is 45.9 Å². The molecule has 1 aromatic carbocycles. The monoisotopic (exact) mass is 400 g/mol. The maximum absolute atomic E-state index is 12.8. The minimum absolute atomic E-state index is 0.194. The molecule has 0 fully saturated rings. The highest BCUT2D eigenvalue weighted by molar-refractivity contribution is 7.11. The molecule has 0 spiro atoms. The number of hydrogen-bond acceptors (Lipinski definition) is 4. The molecular weight excluding hydrogens is 377 g/mol. The van der Waals surface area contributed by atoms with Gasteiger partial charge in [0.15, 0.2) is 5.96 Å². The molecule has 0 radical (unpaired) electrons. The molecule has 0 bridgehead atoms. The number of thiazole rings is 1. The van der Waals surface area contributed by atoms with Crippen molar-refractivity contribution < 1.29 is 17.9 Å². The fourth-order valence-corrected chi connectivity index (χ4v) is 3.01. The van der Waals surface area contributed by atoms with Gasteiger partial charge in [-0.1, -0.05) is 13.0 Å². The van der Waals surface area contributed by atoms with Gasteiger partial charge in [0.1, 0.15) is 16.9 Å². The summed E-state index contributed by atoms with van der Waals surface area (Å²) in [6.45, 7) is 4.85. The second-order valence-corrected chi connectivity index (χ2v) is 7.16. The summed E-state index contributed by atoms with van der Waals surface area (Å²) >= 11 is 1.60. The Hall–Kier alpha value is -2.29. The molecule has 27 heavy (non-hydrogen) atoms. The van der Waals surface area contributed by atoms with Gasteiger partial charge in [0.05, 0.1) is 18.7 Å². The Labute approximate surface area is 160 Å². The number of aliphatic imine (C=N–C) groups is 1. The minimum atomic E-state index is -4.39. The fourth-order valence-electron chi connectivity index (χ4n) is 2.28. The van der Waals surface area contributed by atoms with Gasteiger partial charge in [-0.2, -0.15) is 13.2 Å². The number of benzene rings is 1. The van der Waals surface area contributed by atoms with Crippen LogP contribution in [-0.4, -0.2) is 30.6 Å². The first-order valence-electron chi connectivity index (χ1n) is 8.51. The summed E-state index contributed by atoms with van der Waals surface area (Å²) in [5.41, 5.74) is -0.723. The standard InChI is InChI=1S/C18H23F3N4OS/c1-4-14(26-15-7-5-6-13(8-15)18(19,20)21)10-24-17(22-3)25-11-16-23-9-12(2)27-16/h5-9,14H,4,10-11H2,1-3H3,(H2,22,24,25). The van der Waals surface area contributed by atoms with E-state index in [-0.39, 0.29) is 11.9 Å². The third-order valence-corrected chi connectivity index (χ3v) is 4.63. The zero-order chi connectivity index (χ0) is 19.9. The Morgan fingerprint density at radius 2 is 2.11 bits per heavy atom. The largest absolute Gasteiger partial charge is 0.489 e. The number of aromatic nitrogens is 1. The van der Waals surface area contributed by atoms with Gasteiger partial charge >= 0.3 is 6.18 Å². The number of halogens is 3. The van der Waals surface area contributed by atoms with Crippen LogP contribution < -0.4 is 15.4 Å². The zero-order valence-electron chi connectivity index (χ0n) is 15.4. The van der Waals surface area contributed by atoms with Crippen molar-refractivity contribution in [2.45, 2.75) is 39.1 Å². The number of guanidine groups is 1. The van der Waals surface area contributed by atoms with E-state index in [0.29, 0.717) is 25.5 Å². The average Bonchev–Trinajstić information content (AvgIpc) is 3.05. The maximum Gasteiger partial charge on any atom is 0.416 e. The van der Waals surface area contributed by atoms with Crippen LogP contribution in [0.3, 0.4) is 0 Å². The van der Waals surface area contributed by atoms with Crippen LogP contribution in [0.15, 0.2) is 35.5 Å². The second kappa shape index (κ2) is 9.59. The summed E-state index contributed by atoms with van der Waals surface area (Å²) in [5.74, 6) is 0.772. The molecule has 0 aliphatic carbocycles. The van der Waals surface area contributed by atoms with Gasteiger partial charge in [0.2, 0.25) is 0 Å².